The maximum absolute atomic E-state index is 5.45. The van der Waals surface area contributed by atoms with Crippen LogP contribution >= 0.6 is 22.6 Å². The fourth-order valence-electron chi connectivity index (χ4n) is 1.43. The number of fused-ring (bicyclic) bond motifs is 1. The average molecular weight is 240 g/mol. The number of ether oxygens (including phenoxy) is 2. The van der Waals surface area contributed by atoms with Gasteiger partial charge in [-0.25, -0.2) is 0 Å². The molecule has 3 heteroatoms. The van der Waals surface area contributed by atoms with Gasteiger partial charge in [0.15, 0.2) is 6.29 Å². The fourth-order valence-corrected chi connectivity index (χ4v) is 2.37. The van der Waals surface area contributed by atoms with Crippen LogP contribution in [0, 0.1) is 5.92 Å². The Labute approximate surface area is 68.0 Å². The minimum atomic E-state index is 0.145. The Hall–Kier alpha value is 0.650. The summed E-state index contributed by atoms with van der Waals surface area (Å²) in [7, 11) is 0. The van der Waals surface area contributed by atoms with Crippen molar-refractivity contribution in [1.29, 1.82) is 0 Å². The van der Waals surface area contributed by atoms with E-state index in [1.54, 1.807) is 0 Å². The van der Waals surface area contributed by atoms with Gasteiger partial charge in [0, 0.05) is 5.92 Å². The zero-order valence-electron chi connectivity index (χ0n) is 5.05. The Morgan fingerprint density at radius 3 is 3.11 bits per heavy atom. The van der Waals surface area contributed by atoms with Gasteiger partial charge in [0.1, 0.15) is 4.11 Å². The van der Waals surface area contributed by atoms with Gasteiger partial charge in [-0.2, -0.15) is 0 Å². The van der Waals surface area contributed by atoms with Gasteiger partial charge < -0.3 is 9.47 Å². The summed E-state index contributed by atoms with van der Waals surface area (Å²) >= 11 is 2.32. The molecule has 2 fully saturated rings. The van der Waals surface area contributed by atoms with Crippen molar-refractivity contribution in [2.24, 2.45) is 5.92 Å². The molecule has 2 aliphatic heterocycles. The quantitative estimate of drug-likeness (QED) is 0.472. The van der Waals surface area contributed by atoms with E-state index >= 15 is 0 Å². The van der Waals surface area contributed by atoms with Gasteiger partial charge in [0.2, 0.25) is 0 Å². The third-order valence-corrected chi connectivity index (χ3v) is 2.73. The molecule has 0 bridgehead atoms. The molecule has 3 atom stereocenters. The second-order valence-electron chi connectivity index (χ2n) is 2.57. The van der Waals surface area contributed by atoms with Crippen molar-refractivity contribution < 1.29 is 9.47 Å². The Balaban J connectivity index is 2.02. The normalized spacial score (nSPS) is 49.7. The fraction of sp³-hybridized carbons (Fsp3) is 1.00. The third kappa shape index (κ3) is 1.10. The van der Waals surface area contributed by atoms with E-state index in [-0.39, 0.29) is 6.29 Å². The predicted molar refractivity (Wildman–Crippen MR) is 41.4 cm³/mol. The van der Waals surface area contributed by atoms with E-state index in [2.05, 4.69) is 22.6 Å². The highest BCUT2D eigenvalue weighted by Crippen LogP contribution is 2.36. The third-order valence-electron chi connectivity index (χ3n) is 1.93. The highest BCUT2D eigenvalue weighted by molar-refractivity contribution is 14.1. The molecule has 2 saturated heterocycles. The van der Waals surface area contributed by atoms with Gasteiger partial charge in [-0.05, 0) is 12.8 Å². The number of hydrogen-bond acceptors (Lipinski definition) is 2. The molecule has 2 rings (SSSR count). The Kier molecular flexibility index (Phi) is 1.67. The summed E-state index contributed by atoms with van der Waals surface area (Å²) in [6.07, 6.45) is 2.53. The zero-order valence-corrected chi connectivity index (χ0v) is 7.21. The van der Waals surface area contributed by atoms with Crippen LogP contribution in [0.15, 0.2) is 0 Å². The highest BCUT2D eigenvalue weighted by Gasteiger charge is 2.38. The first-order valence-electron chi connectivity index (χ1n) is 3.27. The van der Waals surface area contributed by atoms with E-state index in [1.165, 1.54) is 12.8 Å². The molecule has 0 N–H and O–H groups in total. The van der Waals surface area contributed by atoms with E-state index in [0.29, 0.717) is 10.0 Å². The summed E-state index contributed by atoms with van der Waals surface area (Å²) in [5.41, 5.74) is 0. The second-order valence-corrected chi connectivity index (χ2v) is 3.96. The molecule has 0 aromatic rings. The summed E-state index contributed by atoms with van der Waals surface area (Å²) in [6.45, 7) is 0.901. The minimum Gasteiger partial charge on any atom is -0.352 e. The lowest BCUT2D eigenvalue weighted by molar-refractivity contribution is -0.0945. The van der Waals surface area contributed by atoms with Crippen LogP contribution < -0.4 is 0 Å². The molecule has 2 heterocycles. The maximum Gasteiger partial charge on any atom is 0.161 e. The van der Waals surface area contributed by atoms with Gasteiger partial charge >= 0.3 is 0 Å². The SMILES string of the molecule is IC1CC2CCOC2O1. The van der Waals surface area contributed by atoms with Crippen LogP contribution in [0.4, 0.5) is 0 Å². The average Bonchev–Trinajstić information content (AvgIpc) is 2.22. The van der Waals surface area contributed by atoms with Crippen LogP contribution in [0.1, 0.15) is 12.8 Å². The van der Waals surface area contributed by atoms with Crippen LogP contribution in [-0.4, -0.2) is 17.0 Å². The standard InChI is InChI=1S/C6H9IO2/c7-5-3-4-1-2-8-6(4)9-5/h4-6H,1-3H2. The molecule has 0 aromatic heterocycles. The monoisotopic (exact) mass is 240 g/mol. The molecule has 0 saturated carbocycles. The smallest absolute Gasteiger partial charge is 0.161 e. The molecule has 0 aromatic carbocycles. The Morgan fingerprint density at radius 2 is 2.33 bits per heavy atom. The van der Waals surface area contributed by atoms with E-state index in [0.717, 1.165) is 6.61 Å². The largest absolute Gasteiger partial charge is 0.352 e. The molecule has 0 aliphatic carbocycles. The lowest BCUT2D eigenvalue weighted by Crippen LogP contribution is -2.09. The molecular weight excluding hydrogens is 231 g/mol. The second kappa shape index (κ2) is 2.36. The summed E-state index contributed by atoms with van der Waals surface area (Å²) in [6, 6.07) is 0. The van der Waals surface area contributed by atoms with Crippen LogP contribution in [0.25, 0.3) is 0 Å². The molecule has 52 valence electrons. The summed E-state index contributed by atoms with van der Waals surface area (Å²) in [5, 5.41) is 0. The van der Waals surface area contributed by atoms with E-state index in [1.807, 2.05) is 0 Å². The molecule has 9 heavy (non-hydrogen) atoms. The van der Waals surface area contributed by atoms with Gasteiger partial charge in [-0.1, -0.05) is 22.6 Å². The first kappa shape index (κ1) is 6.37. The molecule has 2 nitrogen and oxygen atoms in total. The van der Waals surface area contributed by atoms with Crippen LogP contribution in [0.5, 0.6) is 0 Å². The summed E-state index contributed by atoms with van der Waals surface area (Å²) in [4.78, 5) is 0. The molecule has 0 amide bonds. The van der Waals surface area contributed by atoms with Gasteiger partial charge in [-0.15, -0.1) is 0 Å². The van der Waals surface area contributed by atoms with Crippen LogP contribution in [0.3, 0.4) is 0 Å². The van der Waals surface area contributed by atoms with Gasteiger partial charge in [0.25, 0.3) is 0 Å². The Morgan fingerprint density at radius 1 is 1.44 bits per heavy atom. The minimum absolute atomic E-state index is 0.145. The molecular formula is C6H9IO2. The topological polar surface area (TPSA) is 18.5 Å². The Bertz CT molecular complexity index is 106. The van der Waals surface area contributed by atoms with Crippen molar-refractivity contribution in [3.8, 4) is 0 Å². The van der Waals surface area contributed by atoms with E-state index < -0.39 is 0 Å². The summed E-state index contributed by atoms with van der Waals surface area (Å²) in [5.74, 6) is 0.701. The van der Waals surface area contributed by atoms with Crippen molar-refractivity contribution in [2.45, 2.75) is 23.2 Å². The lowest BCUT2D eigenvalue weighted by Gasteiger charge is -2.05. The molecule has 3 unspecified atom stereocenters. The van der Waals surface area contributed by atoms with Crippen molar-refractivity contribution in [3.05, 3.63) is 0 Å². The van der Waals surface area contributed by atoms with Crippen molar-refractivity contribution in [1.82, 2.24) is 0 Å². The molecule has 2 aliphatic rings. The van der Waals surface area contributed by atoms with Crippen LogP contribution in [0.2, 0.25) is 0 Å². The van der Waals surface area contributed by atoms with Crippen molar-refractivity contribution >= 4 is 22.6 Å². The number of rotatable bonds is 0. The number of halogens is 1. The maximum atomic E-state index is 5.45. The zero-order chi connectivity index (χ0) is 6.27. The van der Waals surface area contributed by atoms with Gasteiger partial charge in [0.05, 0.1) is 6.61 Å². The number of hydrogen-bond donors (Lipinski definition) is 0. The lowest BCUT2D eigenvalue weighted by atomic mass is 10.1. The first-order valence-corrected chi connectivity index (χ1v) is 4.52. The molecule has 0 spiro atoms. The van der Waals surface area contributed by atoms with Crippen molar-refractivity contribution in [2.75, 3.05) is 6.61 Å². The van der Waals surface area contributed by atoms with E-state index in [9.17, 15) is 0 Å². The molecule has 0 radical (unpaired) electrons. The number of alkyl halides is 1. The van der Waals surface area contributed by atoms with E-state index in [4.69, 9.17) is 9.47 Å². The summed E-state index contributed by atoms with van der Waals surface area (Å²) < 4.78 is 11.2. The van der Waals surface area contributed by atoms with Gasteiger partial charge in [-0.3, -0.25) is 0 Å². The van der Waals surface area contributed by atoms with Crippen molar-refractivity contribution in [3.63, 3.8) is 0 Å². The highest BCUT2D eigenvalue weighted by atomic mass is 127. The first-order chi connectivity index (χ1) is 4.36. The predicted octanol–water partition coefficient (Wildman–Crippen LogP) is 1.53. The van der Waals surface area contributed by atoms with Crippen LogP contribution in [-0.2, 0) is 9.47 Å².